The Hall–Kier alpha value is -2.43. The van der Waals surface area contributed by atoms with Gasteiger partial charge in [-0.3, -0.25) is 4.79 Å². The van der Waals surface area contributed by atoms with Gasteiger partial charge in [0.2, 0.25) is 5.91 Å². The molecular weight excluding hydrogens is 376 g/mol. The van der Waals surface area contributed by atoms with Crippen LogP contribution in [0.1, 0.15) is 24.0 Å². The first-order chi connectivity index (χ1) is 14.3. The molecule has 0 saturated carbocycles. The SMILES string of the molecule is O=C(Cc1ccsc1)N(c1ccccc1)C1CCN(CCc2ccccc2)CC1. The second kappa shape index (κ2) is 9.86. The lowest BCUT2D eigenvalue weighted by Gasteiger charge is -2.38. The van der Waals surface area contributed by atoms with E-state index in [9.17, 15) is 4.79 Å². The van der Waals surface area contributed by atoms with Crippen LogP contribution in [0.5, 0.6) is 0 Å². The second-order valence-corrected chi connectivity index (χ2v) is 8.50. The van der Waals surface area contributed by atoms with E-state index in [1.807, 2.05) is 23.6 Å². The molecule has 1 amide bonds. The largest absolute Gasteiger partial charge is 0.309 e. The van der Waals surface area contributed by atoms with Crippen molar-refractivity contribution in [1.29, 1.82) is 0 Å². The molecule has 2 heterocycles. The van der Waals surface area contributed by atoms with Crippen LogP contribution < -0.4 is 4.90 Å². The van der Waals surface area contributed by atoms with Crippen LogP contribution in [0.2, 0.25) is 0 Å². The maximum atomic E-state index is 13.2. The Bertz CT molecular complexity index is 872. The zero-order valence-corrected chi connectivity index (χ0v) is 17.6. The third-order valence-corrected chi connectivity index (χ3v) is 6.45. The number of thiophene rings is 1. The lowest BCUT2D eigenvalue weighted by Crippen LogP contribution is -2.48. The minimum atomic E-state index is 0.206. The average molecular weight is 405 g/mol. The van der Waals surface area contributed by atoms with E-state index in [0.29, 0.717) is 6.42 Å². The van der Waals surface area contributed by atoms with Crippen molar-refractivity contribution >= 4 is 22.9 Å². The number of anilines is 1. The fraction of sp³-hybridized carbons (Fsp3) is 0.320. The summed E-state index contributed by atoms with van der Waals surface area (Å²) in [6.07, 6.45) is 3.62. The summed E-state index contributed by atoms with van der Waals surface area (Å²) in [6.45, 7) is 3.18. The van der Waals surface area contributed by atoms with Gasteiger partial charge >= 0.3 is 0 Å². The van der Waals surface area contributed by atoms with Crippen LogP contribution >= 0.6 is 11.3 Å². The number of amides is 1. The molecule has 0 N–H and O–H groups in total. The van der Waals surface area contributed by atoms with Crippen LogP contribution in [-0.4, -0.2) is 36.5 Å². The quantitative estimate of drug-likeness (QED) is 0.551. The summed E-state index contributed by atoms with van der Waals surface area (Å²) in [7, 11) is 0. The van der Waals surface area contributed by atoms with Gasteiger partial charge in [0.25, 0.3) is 0 Å². The molecule has 0 atom stereocenters. The summed E-state index contributed by atoms with van der Waals surface area (Å²) in [6, 6.07) is 23.2. The lowest BCUT2D eigenvalue weighted by molar-refractivity contribution is -0.118. The van der Waals surface area contributed by atoms with Crippen molar-refractivity contribution in [3.8, 4) is 0 Å². The van der Waals surface area contributed by atoms with Gasteiger partial charge in [-0.1, -0.05) is 48.5 Å². The number of hydrogen-bond acceptors (Lipinski definition) is 3. The zero-order valence-electron chi connectivity index (χ0n) is 16.7. The van der Waals surface area contributed by atoms with Crippen LogP contribution in [0.15, 0.2) is 77.5 Å². The molecule has 150 valence electrons. The highest BCUT2D eigenvalue weighted by Gasteiger charge is 2.29. The molecule has 4 heteroatoms. The molecule has 1 aliphatic rings. The van der Waals surface area contributed by atoms with Crippen molar-refractivity contribution < 1.29 is 4.79 Å². The first kappa shape index (κ1) is 19.9. The van der Waals surface area contributed by atoms with Crippen molar-refractivity contribution in [3.05, 3.63) is 88.6 Å². The van der Waals surface area contributed by atoms with Crippen molar-refractivity contribution in [1.82, 2.24) is 4.90 Å². The summed E-state index contributed by atoms with van der Waals surface area (Å²) in [5, 5.41) is 4.12. The minimum absolute atomic E-state index is 0.206. The van der Waals surface area contributed by atoms with Crippen molar-refractivity contribution in [2.45, 2.75) is 31.7 Å². The van der Waals surface area contributed by atoms with E-state index < -0.39 is 0 Å². The number of para-hydroxylation sites is 1. The van der Waals surface area contributed by atoms with Gasteiger partial charge in [0.1, 0.15) is 0 Å². The highest BCUT2D eigenvalue weighted by molar-refractivity contribution is 7.08. The van der Waals surface area contributed by atoms with E-state index in [1.54, 1.807) is 11.3 Å². The topological polar surface area (TPSA) is 23.6 Å². The Morgan fingerprint density at radius 1 is 0.931 bits per heavy atom. The van der Waals surface area contributed by atoms with Crippen molar-refractivity contribution in [2.24, 2.45) is 0 Å². The van der Waals surface area contributed by atoms with Gasteiger partial charge in [0, 0.05) is 31.4 Å². The summed E-state index contributed by atoms with van der Waals surface area (Å²) >= 11 is 1.65. The van der Waals surface area contributed by atoms with E-state index in [1.165, 1.54) is 5.56 Å². The number of likely N-dealkylation sites (tertiary alicyclic amines) is 1. The first-order valence-electron chi connectivity index (χ1n) is 10.4. The number of benzene rings is 2. The van der Waals surface area contributed by atoms with E-state index in [2.05, 4.69) is 63.7 Å². The predicted octanol–water partition coefficient (Wildman–Crippen LogP) is 5.03. The van der Waals surface area contributed by atoms with Crippen LogP contribution in [0.25, 0.3) is 0 Å². The van der Waals surface area contributed by atoms with E-state index in [-0.39, 0.29) is 11.9 Å². The Morgan fingerprint density at radius 2 is 1.62 bits per heavy atom. The number of piperidine rings is 1. The molecule has 4 rings (SSSR count). The van der Waals surface area contributed by atoms with Gasteiger partial charge in [0.05, 0.1) is 6.42 Å². The summed E-state index contributed by atoms with van der Waals surface area (Å²) in [5.41, 5.74) is 3.53. The number of rotatable bonds is 7. The molecule has 1 aliphatic heterocycles. The summed E-state index contributed by atoms with van der Waals surface area (Å²) < 4.78 is 0. The van der Waals surface area contributed by atoms with Crippen LogP contribution in [0.3, 0.4) is 0 Å². The molecule has 0 spiro atoms. The van der Waals surface area contributed by atoms with Crippen LogP contribution in [0, 0.1) is 0 Å². The summed E-state index contributed by atoms with van der Waals surface area (Å²) in [5.74, 6) is 0.206. The van der Waals surface area contributed by atoms with Gasteiger partial charge in [-0.2, -0.15) is 11.3 Å². The Kier molecular flexibility index (Phi) is 6.75. The van der Waals surface area contributed by atoms with Gasteiger partial charge in [-0.05, 0) is 59.3 Å². The van der Waals surface area contributed by atoms with Crippen LogP contribution in [0.4, 0.5) is 5.69 Å². The minimum Gasteiger partial charge on any atom is -0.309 e. The maximum Gasteiger partial charge on any atom is 0.231 e. The molecule has 1 fully saturated rings. The van der Waals surface area contributed by atoms with Crippen molar-refractivity contribution in [3.63, 3.8) is 0 Å². The number of nitrogens with zero attached hydrogens (tertiary/aromatic N) is 2. The van der Waals surface area contributed by atoms with E-state index in [0.717, 1.165) is 50.1 Å². The summed E-state index contributed by atoms with van der Waals surface area (Å²) in [4.78, 5) is 17.8. The molecule has 29 heavy (non-hydrogen) atoms. The fourth-order valence-electron chi connectivity index (χ4n) is 4.13. The molecule has 3 nitrogen and oxygen atoms in total. The highest BCUT2D eigenvalue weighted by atomic mass is 32.1. The Labute approximate surface area is 177 Å². The highest BCUT2D eigenvalue weighted by Crippen LogP contribution is 2.25. The lowest BCUT2D eigenvalue weighted by atomic mass is 10.0. The third kappa shape index (κ3) is 5.34. The number of hydrogen-bond donors (Lipinski definition) is 0. The van der Waals surface area contributed by atoms with Gasteiger partial charge in [-0.25, -0.2) is 0 Å². The monoisotopic (exact) mass is 404 g/mol. The molecule has 0 unspecified atom stereocenters. The normalized spacial score (nSPS) is 15.3. The zero-order chi connectivity index (χ0) is 19.9. The van der Waals surface area contributed by atoms with Gasteiger partial charge in [-0.15, -0.1) is 0 Å². The van der Waals surface area contributed by atoms with Crippen LogP contribution in [-0.2, 0) is 17.6 Å². The molecular formula is C25H28N2OS. The molecule has 1 saturated heterocycles. The number of carbonyl (C=O) groups is 1. The maximum absolute atomic E-state index is 13.2. The van der Waals surface area contributed by atoms with Gasteiger partial charge < -0.3 is 9.80 Å². The van der Waals surface area contributed by atoms with E-state index >= 15 is 0 Å². The van der Waals surface area contributed by atoms with Gasteiger partial charge in [0.15, 0.2) is 0 Å². The predicted molar refractivity (Wildman–Crippen MR) is 122 cm³/mol. The Morgan fingerprint density at radius 3 is 2.28 bits per heavy atom. The first-order valence-corrected chi connectivity index (χ1v) is 11.4. The molecule has 0 bridgehead atoms. The Balaban J connectivity index is 1.39. The molecule has 3 aromatic rings. The van der Waals surface area contributed by atoms with E-state index in [4.69, 9.17) is 0 Å². The standard InChI is InChI=1S/C25H28N2OS/c28-25(19-22-14-18-29-20-22)27(23-9-5-2-6-10-23)24-12-16-26(17-13-24)15-11-21-7-3-1-4-8-21/h1-10,14,18,20,24H,11-13,15-17,19H2. The molecule has 0 radical (unpaired) electrons. The molecule has 2 aromatic carbocycles. The fourth-order valence-corrected chi connectivity index (χ4v) is 4.80. The third-order valence-electron chi connectivity index (χ3n) is 5.72. The smallest absolute Gasteiger partial charge is 0.231 e. The second-order valence-electron chi connectivity index (χ2n) is 7.72. The average Bonchev–Trinajstić information content (AvgIpc) is 3.28. The molecule has 1 aromatic heterocycles. The number of carbonyl (C=O) groups excluding carboxylic acids is 1. The molecule has 0 aliphatic carbocycles. The van der Waals surface area contributed by atoms with Crippen molar-refractivity contribution in [2.75, 3.05) is 24.5 Å².